The Hall–Kier alpha value is -0.0800. The van der Waals surface area contributed by atoms with E-state index in [1.54, 1.807) is 0 Å². The number of hydrogen-bond acceptors (Lipinski definition) is 2. The molecular weight excluding hydrogens is 112 g/mol. The Morgan fingerprint density at radius 2 is 1.56 bits per heavy atom. The first-order valence-corrected chi connectivity index (χ1v) is 3.83. The maximum absolute atomic E-state index is 3.46. The van der Waals surface area contributed by atoms with Crippen molar-refractivity contribution in [3.8, 4) is 0 Å². The van der Waals surface area contributed by atoms with Crippen LogP contribution in [0.2, 0.25) is 0 Å². The van der Waals surface area contributed by atoms with Gasteiger partial charge in [-0.05, 0) is 12.8 Å². The average Bonchev–Trinajstić information content (AvgIpc) is 2.36. The molecule has 2 nitrogen and oxygen atoms in total. The molecule has 54 valence electrons. The third-order valence-electron chi connectivity index (χ3n) is 2.26. The Morgan fingerprint density at radius 1 is 1.11 bits per heavy atom. The molecule has 0 atom stereocenters. The van der Waals surface area contributed by atoms with Crippen LogP contribution in [-0.2, 0) is 0 Å². The molecule has 0 aliphatic carbocycles. The Balaban J connectivity index is 2.45. The third-order valence-corrected chi connectivity index (χ3v) is 2.26. The molecule has 0 aromatic rings. The van der Waals surface area contributed by atoms with Gasteiger partial charge >= 0.3 is 0 Å². The van der Waals surface area contributed by atoms with Crippen molar-refractivity contribution in [1.82, 2.24) is 10.6 Å². The predicted molar refractivity (Wildman–Crippen MR) is 39.3 cm³/mol. The van der Waals surface area contributed by atoms with Gasteiger partial charge in [-0.25, -0.2) is 0 Å². The van der Waals surface area contributed by atoms with Crippen LogP contribution in [0.25, 0.3) is 0 Å². The standard InChI is InChI=1S/C7H16N2/c1-3-7(4-2)8-5-6-9-7/h8-9H,3-6H2,1-2H3. The molecule has 0 aromatic carbocycles. The zero-order chi connectivity index (χ0) is 6.74. The molecule has 1 fully saturated rings. The molecule has 9 heavy (non-hydrogen) atoms. The highest BCUT2D eigenvalue weighted by molar-refractivity contribution is 4.87. The highest BCUT2D eigenvalue weighted by Crippen LogP contribution is 2.12. The highest BCUT2D eigenvalue weighted by atomic mass is 15.2. The van der Waals surface area contributed by atoms with Crippen molar-refractivity contribution >= 4 is 0 Å². The largest absolute Gasteiger partial charge is 0.298 e. The van der Waals surface area contributed by atoms with Gasteiger partial charge < -0.3 is 0 Å². The minimum absolute atomic E-state index is 0.278. The van der Waals surface area contributed by atoms with Crippen molar-refractivity contribution in [3.05, 3.63) is 0 Å². The fourth-order valence-electron chi connectivity index (χ4n) is 1.42. The van der Waals surface area contributed by atoms with E-state index in [1.165, 1.54) is 12.8 Å². The molecule has 1 aliphatic heterocycles. The van der Waals surface area contributed by atoms with Gasteiger partial charge in [-0.2, -0.15) is 0 Å². The summed E-state index contributed by atoms with van der Waals surface area (Å²) in [6.07, 6.45) is 2.37. The minimum atomic E-state index is 0.278. The van der Waals surface area contributed by atoms with Gasteiger partial charge in [0, 0.05) is 13.1 Å². The van der Waals surface area contributed by atoms with Gasteiger partial charge in [0.2, 0.25) is 0 Å². The van der Waals surface area contributed by atoms with Gasteiger partial charge in [0.1, 0.15) is 0 Å². The number of nitrogens with one attached hydrogen (secondary N) is 2. The van der Waals surface area contributed by atoms with E-state index in [1.807, 2.05) is 0 Å². The van der Waals surface area contributed by atoms with Gasteiger partial charge in [0.05, 0.1) is 5.66 Å². The molecule has 0 unspecified atom stereocenters. The summed E-state index contributed by atoms with van der Waals surface area (Å²) < 4.78 is 0. The molecule has 2 heteroatoms. The quantitative estimate of drug-likeness (QED) is 0.572. The van der Waals surface area contributed by atoms with Crippen molar-refractivity contribution in [3.63, 3.8) is 0 Å². The lowest BCUT2D eigenvalue weighted by atomic mass is 10.1. The van der Waals surface area contributed by atoms with Gasteiger partial charge in [0.25, 0.3) is 0 Å². The Kier molecular flexibility index (Phi) is 2.09. The molecule has 0 amide bonds. The van der Waals surface area contributed by atoms with Crippen LogP contribution in [0.4, 0.5) is 0 Å². The molecule has 0 spiro atoms. The number of hydrogen-bond donors (Lipinski definition) is 2. The summed E-state index contributed by atoms with van der Waals surface area (Å²) in [6, 6.07) is 0. The maximum Gasteiger partial charge on any atom is 0.0682 e. The lowest BCUT2D eigenvalue weighted by molar-refractivity contribution is 0.310. The van der Waals surface area contributed by atoms with Crippen LogP contribution in [0.3, 0.4) is 0 Å². The second-order valence-electron chi connectivity index (χ2n) is 2.64. The molecule has 1 heterocycles. The van der Waals surface area contributed by atoms with Crippen molar-refractivity contribution in [2.75, 3.05) is 13.1 Å². The average molecular weight is 128 g/mol. The fraction of sp³-hybridized carbons (Fsp3) is 1.00. The normalized spacial score (nSPS) is 24.7. The van der Waals surface area contributed by atoms with E-state index >= 15 is 0 Å². The molecule has 0 saturated carbocycles. The predicted octanol–water partition coefficient (Wildman–Crippen LogP) is 0.696. The summed E-state index contributed by atoms with van der Waals surface area (Å²) in [4.78, 5) is 0. The highest BCUT2D eigenvalue weighted by Gasteiger charge is 2.27. The van der Waals surface area contributed by atoms with Crippen molar-refractivity contribution in [1.29, 1.82) is 0 Å². The molecule has 0 aromatic heterocycles. The minimum Gasteiger partial charge on any atom is -0.298 e. The monoisotopic (exact) mass is 128 g/mol. The smallest absolute Gasteiger partial charge is 0.0682 e. The van der Waals surface area contributed by atoms with Gasteiger partial charge in [-0.3, -0.25) is 10.6 Å². The topological polar surface area (TPSA) is 24.1 Å². The number of rotatable bonds is 2. The van der Waals surface area contributed by atoms with E-state index in [0.29, 0.717) is 0 Å². The van der Waals surface area contributed by atoms with Gasteiger partial charge in [-0.15, -0.1) is 0 Å². The van der Waals surface area contributed by atoms with E-state index in [4.69, 9.17) is 0 Å². The second kappa shape index (κ2) is 2.67. The Bertz CT molecular complexity index is 78.9. The van der Waals surface area contributed by atoms with Crippen molar-refractivity contribution in [2.45, 2.75) is 32.4 Å². The Labute approximate surface area is 57.0 Å². The van der Waals surface area contributed by atoms with Gasteiger partial charge in [0.15, 0.2) is 0 Å². The van der Waals surface area contributed by atoms with Crippen LogP contribution >= 0.6 is 0 Å². The van der Waals surface area contributed by atoms with Crippen LogP contribution in [-0.4, -0.2) is 18.8 Å². The fourth-order valence-corrected chi connectivity index (χ4v) is 1.42. The van der Waals surface area contributed by atoms with Crippen LogP contribution in [0.15, 0.2) is 0 Å². The molecule has 1 rings (SSSR count). The molecule has 0 radical (unpaired) electrons. The SMILES string of the molecule is CCC1(CC)NCCN1. The summed E-state index contributed by atoms with van der Waals surface area (Å²) in [5.41, 5.74) is 0.278. The van der Waals surface area contributed by atoms with E-state index in [9.17, 15) is 0 Å². The second-order valence-corrected chi connectivity index (χ2v) is 2.64. The first kappa shape index (κ1) is 7.03. The van der Waals surface area contributed by atoms with E-state index in [2.05, 4.69) is 24.5 Å². The summed E-state index contributed by atoms with van der Waals surface area (Å²) in [5.74, 6) is 0. The van der Waals surface area contributed by atoms with Gasteiger partial charge in [-0.1, -0.05) is 13.8 Å². The van der Waals surface area contributed by atoms with E-state index in [-0.39, 0.29) is 5.66 Å². The van der Waals surface area contributed by atoms with E-state index < -0.39 is 0 Å². The maximum atomic E-state index is 3.46. The summed E-state index contributed by atoms with van der Waals surface area (Å²) >= 11 is 0. The first-order chi connectivity index (χ1) is 4.33. The Morgan fingerprint density at radius 3 is 1.78 bits per heavy atom. The third kappa shape index (κ3) is 1.25. The van der Waals surface area contributed by atoms with Crippen molar-refractivity contribution in [2.24, 2.45) is 0 Å². The van der Waals surface area contributed by atoms with Crippen LogP contribution in [0.5, 0.6) is 0 Å². The van der Waals surface area contributed by atoms with Crippen LogP contribution in [0.1, 0.15) is 26.7 Å². The zero-order valence-electron chi connectivity index (χ0n) is 6.33. The molecule has 2 N–H and O–H groups in total. The molecule has 0 bridgehead atoms. The molecule has 1 saturated heterocycles. The summed E-state index contributed by atoms with van der Waals surface area (Å²) in [6.45, 7) is 6.69. The van der Waals surface area contributed by atoms with E-state index in [0.717, 1.165) is 13.1 Å². The van der Waals surface area contributed by atoms with Crippen LogP contribution < -0.4 is 10.6 Å². The molecule has 1 aliphatic rings. The zero-order valence-corrected chi connectivity index (χ0v) is 6.33. The lowest BCUT2D eigenvalue weighted by Crippen LogP contribution is -2.47. The molecular formula is C7H16N2. The summed E-state index contributed by atoms with van der Waals surface area (Å²) in [7, 11) is 0. The van der Waals surface area contributed by atoms with Crippen LogP contribution in [0, 0.1) is 0 Å². The summed E-state index contributed by atoms with van der Waals surface area (Å²) in [5, 5.41) is 6.92. The lowest BCUT2D eigenvalue weighted by Gasteiger charge is -2.26. The first-order valence-electron chi connectivity index (χ1n) is 3.83. The van der Waals surface area contributed by atoms with Crippen molar-refractivity contribution < 1.29 is 0 Å².